The van der Waals surface area contributed by atoms with E-state index in [4.69, 9.17) is 5.73 Å². The van der Waals surface area contributed by atoms with E-state index < -0.39 is 0 Å². The van der Waals surface area contributed by atoms with E-state index in [1.807, 2.05) is 13.8 Å². The summed E-state index contributed by atoms with van der Waals surface area (Å²) in [5.74, 6) is 0.212. The molecule has 0 aliphatic heterocycles. The first-order valence-electron chi connectivity index (χ1n) is 5.31. The van der Waals surface area contributed by atoms with Crippen molar-refractivity contribution in [2.45, 2.75) is 47.1 Å². The monoisotopic (exact) mass is 236 g/mol. The van der Waals surface area contributed by atoms with E-state index in [1.54, 1.807) is 0 Å². The Bertz CT molecular complexity index is 190. The quantitative estimate of drug-likeness (QED) is 0.784. The third-order valence-electron chi connectivity index (χ3n) is 2.35. The van der Waals surface area contributed by atoms with Crippen molar-refractivity contribution < 1.29 is 4.79 Å². The van der Waals surface area contributed by atoms with Gasteiger partial charge in [-0.05, 0) is 11.3 Å². The van der Waals surface area contributed by atoms with E-state index in [1.165, 1.54) is 0 Å². The highest BCUT2D eigenvalue weighted by Crippen LogP contribution is 2.11. The summed E-state index contributed by atoms with van der Waals surface area (Å²) in [6.45, 7) is 11.0. The maximum Gasteiger partial charge on any atom is 0.237 e. The zero-order valence-corrected chi connectivity index (χ0v) is 11.3. The van der Waals surface area contributed by atoms with Gasteiger partial charge in [0, 0.05) is 6.54 Å². The Kier molecular flexibility index (Phi) is 8.07. The lowest BCUT2D eigenvalue weighted by Crippen LogP contribution is -2.46. The molecular weight excluding hydrogens is 212 g/mol. The molecule has 0 aromatic heterocycles. The standard InChI is InChI=1S/C11H24N2O.ClH/c1-6-8(2)9(12)10(14)13-7-11(3,4)5;/h8-9H,6-7,12H2,1-5H3,(H,13,14);1H. The van der Waals surface area contributed by atoms with Crippen LogP contribution in [-0.4, -0.2) is 18.5 Å². The highest BCUT2D eigenvalue weighted by molar-refractivity contribution is 5.85. The molecule has 0 bridgehead atoms. The van der Waals surface area contributed by atoms with Crippen molar-refractivity contribution in [2.24, 2.45) is 17.1 Å². The number of hydrogen-bond acceptors (Lipinski definition) is 2. The molecule has 92 valence electrons. The molecule has 0 radical (unpaired) electrons. The molecule has 2 unspecified atom stereocenters. The summed E-state index contributed by atoms with van der Waals surface area (Å²) in [5.41, 5.74) is 5.90. The van der Waals surface area contributed by atoms with Gasteiger partial charge in [-0.2, -0.15) is 0 Å². The van der Waals surface area contributed by atoms with Gasteiger partial charge in [0.05, 0.1) is 6.04 Å². The van der Waals surface area contributed by atoms with Crippen LogP contribution in [0.2, 0.25) is 0 Å². The Hall–Kier alpha value is -0.280. The van der Waals surface area contributed by atoms with Crippen LogP contribution in [-0.2, 0) is 4.79 Å². The van der Waals surface area contributed by atoms with Crippen LogP contribution in [0, 0.1) is 11.3 Å². The van der Waals surface area contributed by atoms with E-state index >= 15 is 0 Å². The summed E-state index contributed by atoms with van der Waals surface area (Å²) < 4.78 is 0. The molecule has 0 aliphatic carbocycles. The average molecular weight is 237 g/mol. The number of rotatable bonds is 4. The van der Waals surface area contributed by atoms with E-state index in [2.05, 4.69) is 26.1 Å². The van der Waals surface area contributed by atoms with Crippen LogP contribution >= 0.6 is 12.4 Å². The normalized spacial score (nSPS) is 15.1. The van der Waals surface area contributed by atoms with Gasteiger partial charge in [-0.1, -0.05) is 41.0 Å². The molecule has 0 fully saturated rings. The number of nitrogens with one attached hydrogen (secondary N) is 1. The third-order valence-corrected chi connectivity index (χ3v) is 2.35. The third kappa shape index (κ3) is 7.63. The van der Waals surface area contributed by atoms with Crippen molar-refractivity contribution in [3.05, 3.63) is 0 Å². The van der Waals surface area contributed by atoms with Crippen molar-refractivity contribution in [3.8, 4) is 0 Å². The van der Waals surface area contributed by atoms with Gasteiger partial charge in [-0.25, -0.2) is 0 Å². The summed E-state index contributed by atoms with van der Waals surface area (Å²) in [4.78, 5) is 11.6. The highest BCUT2D eigenvalue weighted by atomic mass is 35.5. The van der Waals surface area contributed by atoms with E-state index in [0.717, 1.165) is 6.42 Å². The van der Waals surface area contributed by atoms with Gasteiger partial charge in [0.2, 0.25) is 5.91 Å². The maximum absolute atomic E-state index is 11.6. The van der Waals surface area contributed by atoms with Crippen molar-refractivity contribution in [1.82, 2.24) is 5.32 Å². The van der Waals surface area contributed by atoms with Crippen LogP contribution in [0.15, 0.2) is 0 Å². The highest BCUT2D eigenvalue weighted by Gasteiger charge is 2.20. The summed E-state index contributed by atoms with van der Waals surface area (Å²) in [6, 6.07) is -0.373. The van der Waals surface area contributed by atoms with Crippen LogP contribution < -0.4 is 11.1 Å². The summed E-state index contributed by atoms with van der Waals surface area (Å²) in [7, 11) is 0. The van der Waals surface area contributed by atoms with E-state index in [-0.39, 0.29) is 35.7 Å². The van der Waals surface area contributed by atoms with Crippen molar-refractivity contribution in [3.63, 3.8) is 0 Å². The maximum atomic E-state index is 11.6. The van der Waals surface area contributed by atoms with Crippen molar-refractivity contribution in [1.29, 1.82) is 0 Å². The van der Waals surface area contributed by atoms with Crippen LogP contribution in [0.1, 0.15) is 41.0 Å². The Morgan fingerprint density at radius 3 is 2.20 bits per heavy atom. The van der Waals surface area contributed by atoms with Gasteiger partial charge in [-0.3, -0.25) is 4.79 Å². The zero-order chi connectivity index (χ0) is 11.4. The molecule has 0 saturated carbocycles. The van der Waals surface area contributed by atoms with Crippen molar-refractivity contribution >= 4 is 18.3 Å². The second-order valence-electron chi connectivity index (χ2n) is 5.19. The van der Waals surface area contributed by atoms with Crippen LogP contribution in [0.25, 0.3) is 0 Å². The number of carbonyl (C=O) groups is 1. The molecule has 0 aromatic carbocycles. The summed E-state index contributed by atoms with van der Waals surface area (Å²) in [5, 5.41) is 2.87. The number of hydrogen-bond donors (Lipinski definition) is 2. The van der Waals surface area contributed by atoms with Crippen LogP contribution in [0.4, 0.5) is 0 Å². The first-order valence-corrected chi connectivity index (χ1v) is 5.31. The van der Waals surface area contributed by atoms with Gasteiger partial charge in [-0.15, -0.1) is 12.4 Å². The van der Waals surface area contributed by atoms with Gasteiger partial charge in [0.25, 0.3) is 0 Å². The van der Waals surface area contributed by atoms with Gasteiger partial charge in [0.1, 0.15) is 0 Å². The Labute approximate surface area is 99.6 Å². The summed E-state index contributed by atoms with van der Waals surface area (Å²) >= 11 is 0. The second-order valence-corrected chi connectivity index (χ2v) is 5.19. The fourth-order valence-electron chi connectivity index (χ4n) is 0.982. The SMILES string of the molecule is CCC(C)C(N)C(=O)NCC(C)(C)C.Cl. The predicted octanol–water partition coefficient (Wildman–Crippen LogP) is 1.94. The van der Waals surface area contributed by atoms with Gasteiger partial charge in [0.15, 0.2) is 0 Å². The molecular formula is C11H25ClN2O. The lowest BCUT2D eigenvalue weighted by molar-refractivity contribution is -0.123. The van der Waals surface area contributed by atoms with Gasteiger partial charge >= 0.3 is 0 Å². The van der Waals surface area contributed by atoms with Crippen molar-refractivity contribution in [2.75, 3.05) is 6.54 Å². The Morgan fingerprint density at radius 1 is 1.40 bits per heavy atom. The molecule has 0 spiro atoms. The molecule has 1 amide bonds. The fourth-order valence-corrected chi connectivity index (χ4v) is 0.982. The first kappa shape index (κ1) is 17.1. The molecule has 0 aliphatic rings. The van der Waals surface area contributed by atoms with Crippen LogP contribution in [0.3, 0.4) is 0 Å². The lowest BCUT2D eigenvalue weighted by Gasteiger charge is -2.22. The molecule has 0 rings (SSSR count). The van der Waals surface area contributed by atoms with E-state index in [9.17, 15) is 4.79 Å². The fraction of sp³-hybridized carbons (Fsp3) is 0.909. The Morgan fingerprint density at radius 2 is 1.87 bits per heavy atom. The van der Waals surface area contributed by atoms with Crippen LogP contribution in [0.5, 0.6) is 0 Å². The molecule has 0 saturated heterocycles. The molecule has 2 atom stereocenters. The van der Waals surface area contributed by atoms with Gasteiger partial charge < -0.3 is 11.1 Å². The minimum atomic E-state index is -0.373. The molecule has 0 heterocycles. The second kappa shape index (κ2) is 7.07. The summed E-state index contributed by atoms with van der Waals surface area (Å²) in [6.07, 6.45) is 0.935. The lowest BCUT2D eigenvalue weighted by atomic mass is 9.95. The number of amides is 1. The zero-order valence-electron chi connectivity index (χ0n) is 10.5. The number of nitrogens with two attached hydrogens (primary N) is 1. The number of halogens is 1. The molecule has 0 aromatic rings. The first-order chi connectivity index (χ1) is 6.28. The largest absolute Gasteiger partial charge is 0.354 e. The topological polar surface area (TPSA) is 55.1 Å². The minimum absolute atomic E-state index is 0. The Balaban J connectivity index is 0. The molecule has 3 nitrogen and oxygen atoms in total. The number of carbonyl (C=O) groups excluding carboxylic acids is 1. The smallest absolute Gasteiger partial charge is 0.237 e. The molecule has 4 heteroatoms. The molecule has 15 heavy (non-hydrogen) atoms. The molecule has 3 N–H and O–H groups in total. The minimum Gasteiger partial charge on any atom is -0.354 e. The van der Waals surface area contributed by atoms with E-state index in [0.29, 0.717) is 6.54 Å². The average Bonchev–Trinajstić information content (AvgIpc) is 2.10. The predicted molar refractivity (Wildman–Crippen MR) is 67.1 cm³/mol.